The van der Waals surface area contributed by atoms with Crippen LogP contribution in [0.2, 0.25) is 5.02 Å². The van der Waals surface area contributed by atoms with Crippen molar-refractivity contribution in [1.82, 2.24) is 5.43 Å². The smallest absolute Gasteiger partial charge is 0.271 e. The molecule has 0 heterocycles. The molecule has 0 radical (unpaired) electrons. The minimum atomic E-state index is -3.68. The first-order valence-corrected chi connectivity index (χ1v) is 10.1. The van der Waals surface area contributed by atoms with Gasteiger partial charge in [-0.2, -0.15) is 5.10 Å². The number of benzene rings is 3. The molecule has 0 aliphatic rings. The highest BCUT2D eigenvalue weighted by molar-refractivity contribution is 7.92. The number of nitrogens with zero attached hydrogens (tertiary/aromatic N) is 1. The topological polar surface area (TPSA) is 87.6 Å². The highest BCUT2D eigenvalue weighted by Crippen LogP contribution is 2.16. The molecule has 0 fully saturated rings. The average molecular weight is 414 g/mol. The molecule has 0 spiro atoms. The predicted octanol–water partition coefficient (Wildman–Crippen LogP) is 3.90. The molecule has 2 N–H and O–H groups in total. The van der Waals surface area contributed by atoms with Gasteiger partial charge in [0.1, 0.15) is 0 Å². The van der Waals surface area contributed by atoms with Crippen LogP contribution in [-0.4, -0.2) is 20.5 Å². The van der Waals surface area contributed by atoms with Crippen molar-refractivity contribution in [3.8, 4) is 0 Å². The molecule has 8 heteroatoms. The van der Waals surface area contributed by atoms with E-state index < -0.39 is 15.9 Å². The highest BCUT2D eigenvalue weighted by Gasteiger charge is 2.13. The Kier molecular flexibility index (Phi) is 6.08. The number of amides is 1. The maximum absolute atomic E-state index is 12.3. The van der Waals surface area contributed by atoms with Gasteiger partial charge in [0.25, 0.3) is 15.9 Å². The zero-order chi connectivity index (χ0) is 20.0. The molecule has 0 saturated carbocycles. The molecule has 3 aromatic carbocycles. The van der Waals surface area contributed by atoms with E-state index in [2.05, 4.69) is 15.2 Å². The van der Waals surface area contributed by atoms with Crippen LogP contribution in [0, 0.1) is 0 Å². The summed E-state index contributed by atoms with van der Waals surface area (Å²) in [5.41, 5.74) is 3.76. The first-order valence-electron chi connectivity index (χ1n) is 8.21. The van der Waals surface area contributed by atoms with Crippen molar-refractivity contribution < 1.29 is 13.2 Å². The summed E-state index contributed by atoms with van der Waals surface area (Å²) < 4.78 is 27.1. The summed E-state index contributed by atoms with van der Waals surface area (Å²) in [7, 11) is -3.68. The zero-order valence-electron chi connectivity index (χ0n) is 14.5. The van der Waals surface area contributed by atoms with Crippen molar-refractivity contribution >= 4 is 39.4 Å². The van der Waals surface area contributed by atoms with E-state index in [4.69, 9.17) is 11.6 Å². The fourth-order valence-electron chi connectivity index (χ4n) is 2.31. The Morgan fingerprint density at radius 2 is 1.54 bits per heavy atom. The summed E-state index contributed by atoms with van der Waals surface area (Å²) in [5, 5.41) is 4.40. The molecule has 0 atom stereocenters. The van der Waals surface area contributed by atoms with Crippen LogP contribution >= 0.6 is 11.6 Å². The fourth-order valence-corrected chi connectivity index (χ4v) is 3.57. The zero-order valence-corrected chi connectivity index (χ0v) is 16.1. The van der Waals surface area contributed by atoms with Gasteiger partial charge in [-0.1, -0.05) is 48.0 Å². The third-order valence-electron chi connectivity index (χ3n) is 3.73. The van der Waals surface area contributed by atoms with Gasteiger partial charge in [0.2, 0.25) is 0 Å². The average Bonchev–Trinajstić information content (AvgIpc) is 2.70. The van der Waals surface area contributed by atoms with E-state index in [1.807, 2.05) is 6.07 Å². The summed E-state index contributed by atoms with van der Waals surface area (Å²) in [6, 6.07) is 21.1. The fraction of sp³-hybridized carbons (Fsp3) is 0. The van der Waals surface area contributed by atoms with Gasteiger partial charge in [0.05, 0.1) is 11.1 Å². The maximum Gasteiger partial charge on any atom is 0.271 e. The first kappa shape index (κ1) is 19.6. The molecule has 0 aliphatic carbocycles. The van der Waals surface area contributed by atoms with E-state index in [0.717, 1.165) is 0 Å². The summed E-state index contributed by atoms with van der Waals surface area (Å²) in [6.07, 6.45) is 1.45. The Hall–Kier alpha value is -3.16. The SMILES string of the molecule is O=C(NN=Cc1ccccc1Cl)c1ccc(NS(=O)(=O)c2ccccc2)cc1. The van der Waals surface area contributed by atoms with Gasteiger partial charge in [-0.15, -0.1) is 0 Å². The minimum Gasteiger partial charge on any atom is -0.280 e. The standard InChI is InChI=1S/C20H16ClN3O3S/c21-19-9-5-4-6-16(19)14-22-23-20(25)15-10-12-17(13-11-15)24-28(26,27)18-7-2-1-3-8-18/h1-14,24H,(H,23,25). The molecule has 142 valence electrons. The van der Waals surface area contributed by atoms with Crippen molar-refractivity contribution in [2.75, 3.05) is 4.72 Å². The highest BCUT2D eigenvalue weighted by atomic mass is 35.5. The number of carbonyl (C=O) groups excluding carboxylic acids is 1. The van der Waals surface area contributed by atoms with E-state index in [9.17, 15) is 13.2 Å². The predicted molar refractivity (Wildman–Crippen MR) is 110 cm³/mol. The van der Waals surface area contributed by atoms with Gasteiger partial charge in [0, 0.05) is 21.8 Å². The molecule has 6 nitrogen and oxygen atoms in total. The van der Waals surface area contributed by atoms with Crippen LogP contribution in [0.5, 0.6) is 0 Å². The molecular formula is C20H16ClN3O3S. The Morgan fingerprint density at radius 1 is 0.893 bits per heavy atom. The molecule has 28 heavy (non-hydrogen) atoms. The van der Waals surface area contributed by atoms with Crippen LogP contribution in [0.25, 0.3) is 0 Å². The molecule has 0 unspecified atom stereocenters. The lowest BCUT2D eigenvalue weighted by molar-refractivity contribution is 0.0955. The number of hydrazone groups is 1. The van der Waals surface area contributed by atoms with Crippen molar-refractivity contribution in [1.29, 1.82) is 0 Å². The second kappa shape index (κ2) is 8.69. The number of sulfonamides is 1. The molecule has 1 amide bonds. The van der Waals surface area contributed by atoms with E-state index in [-0.39, 0.29) is 4.90 Å². The number of hydrogen-bond acceptors (Lipinski definition) is 4. The molecule has 0 aromatic heterocycles. The second-order valence-electron chi connectivity index (χ2n) is 5.72. The number of hydrogen-bond donors (Lipinski definition) is 2. The Morgan fingerprint density at radius 3 is 2.21 bits per heavy atom. The Bertz CT molecular complexity index is 1100. The van der Waals surface area contributed by atoms with Gasteiger partial charge in [0.15, 0.2) is 0 Å². The monoisotopic (exact) mass is 413 g/mol. The lowest BCUT2D eigenvalue weighted by Gasteiger charge is -2.08. The molecule has 0 aliphatic heterocycles. The molecule has 3 aromatic rings. The summed E-state index contributed by atoms with van der Waals surface area (Å²) in [4.78, 5) is 12.3. The van der Waals surface area contributed by atoms with Crippen molar-refractivity contribution in [3.05, 3.63) is 95.0 Å². The van der Waals surface area contributed by atoms with Crippen LogP contribution in [0.3, 0.4) is 0 Å². The van der Waals surface area contributed by atoms with Crippen molar-refractivity contribution in [3.63, 3.8) is 0 Å². The molecule has 0 saturated heterocycles. The Labute approximate surface area is 167 Å². The van der Waals surface area contributed by atoms with Crippen LogP contribution in [0.1, 0.15) is 15.9 Å². The van der Waals surface area contributed by atoms with Gasteiger partial charge in [-0.3, -0.25) is 9.52 Å². The number of halogens is 1. The largest absolute Gasteiger partial charge is 0.280 e. The number of carbonyl (C=O) groups is 1. The minimum absolute atomic E-state index is 0.158. The van der Waals surface area contributed by atoms with Gasteiger partial charge < -0.3 is 0 Å². The van der Waals surface area contributed by atoms with Crippen LogP contribution in [0.4, 0.5) is 5.69 Å². The third-order valence-corrected chi connectivity index (χ3v) is 5.47. The molecule has 0 bridgehead atoms. The third kappa shape index (κ3) is 4.97. The summed E-state index contributed by atoms with van der Waals surface area (Å²) >= 11 is 6.01. The van der Waals surface area contributed by atoms with E-state index in [1.54, 1.807) is 36.4 Å². The number of nitrogens with one attached hydrogen (secondary N) is 2. The quantitative estimate of drug-likeness (QED) is 0.474. The second-order valence-corrected chi connectivity index (χ2v) is 7.81. The summed E-state index contributed by atoms with van der Waals surface area (Å²) in [6.45, 7) is 0. The van der Waals surface area contributed by atoms with Crippen LogP contribution < -0.4 is 10.1 Å². The van der Waals surface area contributed by atoms with Gasteiger partial charge >= 0.3 is 0 Å². The van der Waals surface area contributed by atoms with Crippen LogP contribution in [-0.2, 0) is 10.0 Å². The summed E-state index contributed by atoms with van der Waals surface area (Å²) in [5.74, 6) is -0.430. The van der Waals surface area contributed by atoms with E-state index in [1.165, 1.54) is 42.6 Å². The van der Waals surface area contributed by atoms with Crippen LogP contribution in [0.15, 0.2) is 88.9 Å². The number of rotatable bonds is 6. The van der Waals surface area contributed by atoms with Crippen molar-refractivity contribution in [2.24, 2.45) is 5.10 Å². The van der Waals surface area contributed by atoms with Crippen molar-refractivity contribution in [2.45, 2.75) is 4.90 Å². The normalized spacial score (nSPS) is 11.3. The van der Waals surface area contributed by atoms with E-state index in [0.29, 0.717) is 21.8 Å². The first-order chi connectivity index (χ1) is 13.5. The lowest BCUT2D eigenvalue weighted by atomic mass is 10.2. The van der Waals surface area contributed by atoms with E-state index >= 15 is 0 Å². The van der Waals surface area contributed by atoms with Gasteiger partial charge in [-0.05, 0) is 42.5 Å². The molecule has 3 rings (SSSR count). The number of anilines is 1. The maximum atomic E-state index is 12.3. The molecular weight excluding hydrogens is 398 g/mol. The Balaban J connectivity index is 1.64. The lowest BCUT2D eigenvalue weighted by Crippen LogP contribution is -2.18. The van der Waals surface area contributed by atoms with Gasteiger partial charge in [-0.25, -0.2) is 13.8 Å².